The molecule has 7 nitrogen and oxygen atoms in total. The van der Waals surface area contributed by atoms with Crippen molar-refractivity contribution in [2.45, 2.75) is 17.7 Å². The zero-order valence-electron chi connectivity index (χ0n) is 17.6. The predicted molar refractivity (Wildman–Crippen MR) is 111 cm³/mol. The summed E-state index contributed by atoms with van der Waals surface area (Å²) in [5, 5.41) is 0. The lowest BCUT2D eigenvalue weighted by Gasteiger charge is -2.30. The molecular formula is C21H23F3N2O5S. The predicted octanol–water partition coefficient (Wildman–Crippen LogP) is 3.15. The van der Waals surface area contributed by atoms with Crippen molar-refractivity contribution in [1.82, 2.24) is 4.31 Å². The van der Waals surface area contributed by atoms with Gasteiger partial charge in [-0.15, -0.1) is 0 Å². The number of halogens is 3. The minimum absolute atomic E-state index is 0.0572. The Morgan fingerprint density at radius 1 is 1.09 bits per heavy atom. The van der Waals surface area contributed by atoms with E-state index in [1.807, 2.05) is 4.90 Å². The first-order valence-corrected chi connectivity index (χ1v) is 11.2. The van der Waals surface area contributed by atoms with E-state index in [2.05, 4.69) is 0 Å². The summed E-state index contributed by atoms with van der Waals surface area (Å²) in [6, 6.07) is 8.51. The Balaban J connectivity index is 1.86. The van der Waals surface area contributed by atoms with Crippen LogP contribution >= 0.6 is 0 Å². The van der Waals surface area contributed by atoms with Gasteiger partial charge in [-0.25, -0.2) is 17.5 Å². The average molecular weight is 472 g/mol. The Bertz CT molecular complexity index is 1060. The maximum absolute atomic E-state index is 12.9. The van der Waals surface area contributed by atoms with Crippen molar-refractivity contribution in [3.8, 4) is 0 Å². The molecule has 0 N–H and O–H groups in total. The van der Waals surface area contributed by atoms with Crippen LogP contribution in [0, 0.1) is 0 Å². The average Bonchev–Trinajstić information content (AvgIpc) is 2.77. The molecule has 11 heteroatoms. The Morgan fingerprint density at radius 3 is 2.28 bits per heavy atom. The lowest BCUT2D eigenvalue weighted by Crippen LogP contribution is -2.37. The molecule has 3 rings (SSSR count). The van der Waals surface area contributed by atoms with Crippen molar-refractivity contribution in [2.24, 2.45) is 0 Å². The molecule has 1 aliphatic heterocycles. The van der Waals surface area contributed by atoms with Crippen LogP contribution < -0.4 is 4.90 Å². The van der Waals surface area contributed by atoms with Crippen molar-refractivity contribution in [1.29, 1.82) is 0 Å². The number of alkyl halides is 3. The Hall–Kier alpha value is -2.63. The number of morpholine rings is 1. The molecule has 1 saturated heterocycles. The molecule has 0 amide bonds. The van der Waals surface area contributed by atoms with Crippen molar-refractivity contribution in [3.63, 3.8) is 0 Å². The highest BCUT2D eigenvalue weighted by Gasteiger charge is 2.30. The van der Waals surface area contributed by atoms with Crippen LogP contribution in [0.3, 0.4) is 0 Å². The molecular weight excluding hydrogens is 449 g/mol. The van der Waals surface area contributed by atoms with E-state index < -0.39 is 27.7 Å². The number of hydrogen-bond donors (Lipinski definition) is 0. The van der Waals surface area contributed by atoms with E-state index in [1.54, 1.807) is 6.07 Å². The second-order valence-electron chi connectivity index (χ2n) is 7.34. The fourth-order valence-electron chi connectivity index (χ4n) is 3.15. The van der Waals surface area contributed by atoms with Crippen LogP contribution in [-0.2, 0) is 32.3 Å². The second-order valence-corrected chi connectivity index (χ2v) is 9.49. The number of sulfonamides is 1. The van der Waals surface area contributed by atoms with Crippen LogP contribution in [0.25, 0.3) is 0 Å². The van der Waals surface area contributed by atoms with Gasteiger partial charge in [0.1, 0.15) is 6.61 Å². The number of ether oxygens (including phenoxy) is 2. The first-order chi connectivity index (χ1) is 15.0. The van der Waals surface area contributed by atoms with Crippen molar-refractivity contribution in [3.05, 3.63) is 59.2 Å². The monoisotopic (exact) mass is 472 g/mol. The van der Waals surface area contributed by atoms with Gasteiger partial charge in [-0.3, -0.25) is 0 Å². The number of esters is 1. The quantitative estimate of drug-likeness (QED) is 0.602. The molecule has 1 aliphatic rings. The van der Waals surface area contributed by atoms with Gasteiger partial charge in [0, 0.05) is 27.2 Å². The van der Waals surface area contributed by atoms with E-state index in [-0.39, 0.29) is 17.1 Å². The number of rotatable bonds is 6. The maximum Gasteiger partial charge on any atom is 0.416 e. The van der Waals surface area contributed by atoms with E-state index in [0.29, 0.717) is 37.6 Å². The minimum Gasteiger partial charge on any atom is -0.457 e. The van der Waals surface area contributed by atoms with Crippen LogP contribution in [-0.4, -0.2) is 59.1 Å². The third kappa shape index (κ3) is 5.40. The van der Waals surface area contributed by atoms with Crippen LogP contribution in [0.1, 0.15) is 21.5 Å². The highest BCUT2D eigenvalue weighted by atomic mass is 32.2. The zero-order valence-corrected chi connectivity index (χ0v) is 18.4. The van der Waals surface area contributed by atoms with Gasteiger partial charge in [-0.1, -0.05) is 12.1 Å². The molecule has 0 radical (unpaired) electrons. The third-order valence-electron chi connectivity index (χ3n) is 4.97. The molecule has 1 heterocycles. The first-order valence-electron chi connectivity index (χ1n) is 9.72. The second kappa shape index (κ2) is 9.47. The van der Waals surface area contributed by atoms with Gasteiger partial charge in [-0.05, 0) is 35.9 Å². The fourth-order valence-corrected chi connectivity index (χ4v) is 4.07. The van der Waals surface area contributed by atoms with Gasteiger partial charge < -0.3 is 14.4 Å². The summed E-state index contributed by atoms with van der Waals surface area (Å²) in [6.45, 7) is 1.68. The molecule has 0 atom stereocenters. The van der Waals surface area contributed by atoms with Crippen LogP contribution in [0.4, 0.5) is 18.9 Å². The molecule has 0 aliphatic carbocycles. The summed E-state index contributed by atoms with van der Waals surface area (Å²) >= 11 is 0. The van der Waals surface area contributed by atoms with Gasteiger partial charge >= 0.3 is 12.1 Å². The van der Waals surface area contributed by atoms with Gasteiger partial charge in [0.05, 0.1) is 34.9 Å². The van der Waals surface area contributed by atoms with Crippen molar-refractivity contribution >= 4 is 21.7 Å². The molecule has 1 fully saturated rings. The molecule has 174 valence electrons. The van der Waals surface area contributed by atoms with Crippen LogP contribution in [0.5, 0.6) is 0 Å². The molecule has 2 aromatic carbocycles. The molecule has 32 heavy (non-hydrogen) atoms. The summed E-state index contributed by atoms with van der Waals surface area (Å²) in [5.41, 5.74) is 0.130. The molecule has 0 unspecified atom stereocenters. The lowest BCUT2D eigenvalue weighted by atomic mass is 10.1. The van der Waals surface area contributed by atoms with E-state index >= 15 is 0 Å². The standard InChI is InChI=1S/C21H23F3N2O5S/c1-25(2)32(28,29)17-7-8-19(26-9-11-30-12-10-26)18(13-17)20(27)31-14-15-3-5-16(6-4-15)21(22,23)24/h3-8,13H,9-12,14H2,1-2H3. The Labute approximate surface area is 184 Å². The number of benzene rings is 2. The van der Waals surface area contributed by atoms with Crippen molar-refractivity contribution < 1.29 is 35.9 Å². The summed E-state index contributed by atoms with van der Waals surface area (Å²) in [4.78, 5) is 14.7. The van der Waals surface area contributed by atoms with Crippen molar-refractivity contribution in [2.75, 3.05) is 45.3 Å². The van der Waals surface area contributed by atoms with Gasteiger partial charge in [0.25, 0.3) is 0 Å². The number of carbonyl (C=O) groups excluding carboxylic acids is 1. The number of nitrogens with zero attached hydrogens (tertiary/aromatic N) is 2. The largest absolute Gasteiger partial charge is 0.457 e. The Morgan fingerprint density at radius 2 is 1.72 bits per heavy atom. The molecule has 0 saturated carbocycles. The summed E-state index contributed by atoms with van der Waals surface area (Å²) in [6.07, 6.45) is -4.46. The topological polar surface area (TPSA) is 76.2 Å². The minimum atomic E-state index is -4.46. The highest BCUT2D eigenvalue weighted by Crippen LogP contribution is 2.30. The highest BCUT2D eigenvalue weighted by molar-refractivity contribution is 7.89. The van der Waals surface area contributed by atoms with Gasteiger partial charge in [0.15, 0.2) is 0 Å². The van der Waals surface area contributed by atoms with Crippen LogP contribution in [0.15, 0.2) is 47.4 Å². The van der Waals surface area contributed by atoms with Gasteiger partial charge in [-0.2, -0.15) is 13.2 Å². The molecule has 0 bridgehead atoms. The SMILES string of the molecule is CN(C)S(=O)(=O)c1ccc(N2CCOCC2)c(C(=O)OCc2ccc(C(F)(F)F)cc2)c1. The normalized spacial score (nSPS) is 15.1. The number of carbonyl (C=O) groups is 1. The van der Waals surface area contributed by atoms with E-state index in [1.165, 1.54) is 38.4 Å². The first kappa shape index (κ1) is 24.0. The third-order valence-corrected chi connectivity index (χ3v) is 6.78. The molecule has 0 aromatic heterocycles. The smallest absolute Gasteiger partial charge is 0.416 e. The number of anilines is 1. The van der Waals surface area contributed by atoms with E-state index in [0.717, 1.165) is 16.4 Å². The van der Waals surface area contributed by atoms with Gasteiger partial charge in [0.2, 0.25) is 10.0 Å². The lowest BCUT2D eigenvalue weighted by molar-refractivity contribution is -0.137. The maximum atomic E-state index is 12.9. The van der Waals surface area contributed by atoms with Crippen LogP contribution in [0.2, 0.25) is 0 Å². The molecule has 0 spiro atoms. The Kier molecular flexibility index (Phi) is 7.11. The summed E-state index contributed by atoms with van der Waals surface area (Å²) < 4.78 is 74.9. The van der Waals surface area contributed by atoms with E-state index in [4.69, 9.17) is 9.47 Å². The summed E-state index contributed by atoms with van der Waals surface area (Å²) in [7, 11) is -1.02. The number of hydrogen-bond acceptors (Lipinski definition) is 6. The molecule has 2 aromatic rings. The summed E-state index contributed by atoms with van der Waals surface area (Å²) in [5.74, 6) is -0.776. The fraction of sp³-hybridized carbons (Fsp3) is 0.381. The zero-order chi connectivity index (χ0) is 23.5. The van der Waals surface area contributed by atoms with E-state index in [9.17, 15) is 26.4 Å².